The highest BCUT2D eigenvalue weighted by molar-refractivity contribution is 6.17. The molecule has 1 atom stereocenters. The van der Waals surface area contributed by atoms with Crippen LogP contribution in [0.25, 0.3) is 11.1 Å². The van der Waals surface area contributed by atoms with Crippen LogP contribution in [0.1, 0.15) is 42.0 Å². The molecule has 3 aromatic rings. The Balaban J connectivity index is 1.99. The summed E-state index contributed by atoms with van der Waals surface area (Å²) in [5.41, 5.74) is 5.03. The molecule has 1 aliphatic heterocycles. The Hall–Kier alpha value is -3.08. The molecular weight excluding hydrogens is 331 g/mol. The minimum absolute atomic E-state index is 0.0168. The molecule has 4 nitrogen and oxygen atoms in total. The Morgan fingerprint density at radius 1 is 1.12 bits per heavy atom. The molecule has 0 fully saturated rings. The van der Waals surface area contributed by atoms with Gasteiger partial charge in [-0.15, -0.1) is 0 Å². The average molecular weight is 348 g/mol. The second-order valence-electron chi connectivity index (χ2n) is 6.46. The van der Waals surface area contributed by atoms with Gasteiger partial charge in [0.2, 0.25) is 0 Å². The van der Waals surface area contributed by atoms with Crippen LogP contribution in [-0.4, -0.2) is 16.7 Å². The molecule has 26 heavy (non-hydrogen) atoms. The Morgan fingerprint density at radius 3 is 2.50 bits per heavy atom. The number of nitrogens with zero attached hydrogens (tertiary/aromatic N) is 2. The average Bonchev–Trinajstić information content (AvgIpc) is 2.94. The van der Waals surface area contributed by atoms with E-state index in [9.17, 15) is 9.18 Å². The van der Waals surface area contributed by atoms with Crippen molar-refractivity contribution in [1.82, 2.24) is 5.16 Å². The van der Waals surface area contributed by atoms with E-state index in [0.717, 1.165) is 33.7 Å². The van der Waals surface area contributed by atoms with Crippen molar-refractivity contribution >= 4 is 11.5 Å². The molecule has 0 radical (unpaired) electrons. The van der Waals surface area contributed by atoms with E-state index in [-0.39, 0.29) is 18.0 Å². The first-order valence-corrected chi connectivity index (χ1v) is 8.43. The van der Waals surface area contributed by atoms with E-state index >= 15 is 0 Å². The van der Waals surface area contributed by atoms with Crippen LogP contribution < -0.4 is 0 Å². The summed E-state index contributed by atoms with van der Waals surface area (Å²) in [5.74, 6) is 0.314. The van der Waals surface area contributed by atoms with Crippen molar-refractivity contribution < 1.29 is 13.7 Å². The van der Waals surface area contributed by atoms with Gasteiger partial charge >= 0.3 is 0 Å². The maximum Gasteiger partial charge on any atom is 0.169 e. The maximum absolute atomic E-state index is 13.4. The van der Waals surface area contributed by atoms with E-state index in [4.69, 9.17) is 9.52 Å². The molecule has 0 N–H and O–H groups in total. The predicted octanol–water partition coefficient (Wildman–Crippen LogP) is 4.66. The van der Waals surface area contributed by atoms with Crippen molar-refractivity contribution in [2.45, 2.75) is 26.3 Å². The van der Waals surface area contributed by atoms with Crippen LogP contribution in [0.4, 0.5) is 4.39 Å². The summed E-state index contributed by atoms with van der Waals surface area (Å²) >= 11 is 0. The largest absolute Gasteiger partial charge is 0.358 e. The van der Waals surface area contributed by atoms with Crippen molar-refractivity contribution in [3.05, 3.63) is 76.9 Å². The summed E-state index contributed by atoms with van der Waals surface area (Å²) in [6.07, 6.45) is 0.223. The number of carbonyl (C=O) groups excluding carboxylic acids is 1. The highest BCUT2D eigenvalue weighted by atomic mass is 19.1. The number of aliphatic imine (C=N–C) groups is 1. The van der Waals surface area contributed by atoms with Gasteiger partial charge in [-0.1, -0.05) is 29.4 Å². The molecule has 0 saturated carbocycles. The number of Topliss-reactive ketones (excluding diaryl/α,β-unsaturated/α-hetero) is 1. The summed E-state index contributed by atoms with van der Waals surface area (Å²) < 4.78 is 19.0. The first-order chi connectivity index (χ1) is 12.5. The molecule has 130 valence electrons. The minimum Gasteiger partial charge on any atom is -0.358 e. The fourth-order valence-electron chi connectivity index (χ4n) is 3.38. The van der Waals surface area contributed by atoms with Crippen molar-refractivity contribution in [2.24, 2.45) is 4.99 Å². The summed E-state index contributed by atoms with van der Waals surface area (Å²) in [5, 5.41) is 4.10. The zero-order valence-corrected chi connectivity index (χ0v) is 14.5. The molecule has 2 aromatic carbocycles. The highest BCUT2D eigenvalue weighted by Crippen LogP contribution is 2.40. The van der Waals surface area contributed by atoms with Crippen LogP contribution in [0, 0.1) is 12.7 Å². The van der Waals surface area contributed by atoms with Gasteiger partial charge in [0.05, 0.1) is 17.0 Å². The number of ketones is 1. The van der Waals surface area contributed by atoms with E-state index in [1.165, 1.54) is 19.1 Å². The molecule has 2 heterocycles. The number of benzene rings is 2. The summed E-state index contributed by atoms with van der Waals surface area (Å²) in [6, 6.07) is 13.6. The van der Waals surface area contributed by atoms with Crippen molar-refractivity contribution in [1.29, 1.82) is 0 Å². The molecule has 4 rings (SSSR count). The monoisotopic (exact) mass is 348 g/mol. The smallest absolute Gasteiger partial charge is 0.169 e. The van der Waals surface area contributed by atoms with Crippen molar-refractivity contribution in [3.63, 3.8) is 0 Å². The normalized spacial score (nSPS) is 15.7. The van der Waals surface area contributed by atoms with Crippen molar-refractivity contribution in [2.75, 3.05) is 0 Å². The minimum atomic E-state index is -0.462. The maximum atomic E-state index is 13.4. The zero-order valence-electron chi connectivity index (χ0n) is 14.5. The number of halogens is 1. The van der Waals surface area contributed by atoms with E-state index in [2.05, 4.69) is 5.16 Å². The third-order valence-corrected chi connectivity index (χ3v) is 4.53. The first-order valence-electron chi connectivity index (χ1n) is 8.43. The van der Waals surface area contributed by atoms with E-state index in [0.29, 0.717) is 5.76 Å². The van der Waals surface area contributed by atoms with Gasteiger partial charge in [-0.05, 0) is 43.7 Å². The molecule has 0 saturated heterocycles. The number of fused-ring (bicyclic) bond motifs is 3. The Kier molecular flexibility index (Phi) is 3.99. The summed E-state index contributed by atoms with van der Waals surface area (Å²) in [4.78, 5) is 16.7. The number of hydrogen-bond acceptors (Lipinski definition) is 4. The molecule has 0 spiro atoms. The Labute approximate surface area is 150 Å². The number of aryl methyl sites for hydroxylation is 1. The zero-order chi connectivity index (χ0) is 18.3. The van der Waals surface area contributed by atoms with Crippen LogP contribution >= 0.6 is 0 Å². The lowest BCUT2D eigenvalue weighted by Gasteiger charge is -2.11. The van der Waals surface area contributed by atoms with Crippen LogP contribution in [0.3, 0.4) is 0 Å². The molecule has 5 heteroatoms. The molecule has 1 aromatic heterocycles. The molecule has 0 aliphatic carbocycles. The van der Waals surface area contributed by atoms with E-state index in [1.807, 2.05) is 31.2 Å². The second-order valence-corrected chi connectivity index (χ2v) is 6.46. The lowest BCUT2D eigenvalue weighted by Crippen LogP contribution is -2.07. The molecule has 0 unspecified atom stereocenters. The molecule has 1 aliphatic rings. The highest BCUT2D eigenvalue weighted by Gasteiger charge is 2.30. The SMILES string of the molecule is CC(=O)C[C@@H]1N=C(c2ccc(F)cc2)c2ccccc2-c2c(C)noc21. The second kappa shape index (κ2) is 6.33. The summed E-state index contributed by atoms with van der Waals surface area (Å²) in [6.45, 7) is 3.42. The third-order valence-electron chi connectivity index (χ3n) is 4.53. The van der Waals surface area contributed by atoms with Gasteiger partial charge in [0, 0.05) is 17.5 Å². The van der Waals surface area contributed by atoms with Crippen LogP contribution in [0.5, 0.6) is 0 Å². The van der Waals surface area contributed by atoms with Gasteiger partial charge in [-0.2, -0.15) is 0 Å². The van der Waals surface area contributed by atoms with Crippen molar-refractivity contribution in [3.8, 4) is 11.1 Å². The Bertz CT molecular complexity index is 1020. The standard InChI is InChI=1S/C21H17FN2O2/c1-12(25)11-18-21-19(13(2)24-26-21)16-5-3-4-6-17(16)20(23-18)14-7-9-15(22)10-8-14/h3-10,18H,11H2,1-2H3/t18-/m0/s1. The Morgan fingerprint density at radius 2 is 1.81 bits per heavy atom. The van der Waals surface area contributed by atoms with Gasteiger partial charge in [0.1, 0.15) is 17.6 Å². The van der Waals surface area contributed by atoms with Gasteiger partial charge in [-0.3, -0.25) is 9.79 Å². The van der Waals surface area contributed by atoms with Gasteiger partial charge in [0.15, 0.2) is 5.76 Å². The predicted molar refractivity (Wildman–Crippen MR) is 96.8 cm³/mol. The number of hydrogen-bond donors (Lipinski definition) is 0. The fraction of sp³-hybridized carbons (Fsp3) is 0.190. The van der Waals surface area contributed by atoms with E-state index < -0.39 is 6.04 Å². The van der Waals surface area contributed by atoms with E-state index in [1.54, 1.807) is 12.1 Å². The fourth-order valence-corrected chi connectivity index (χ4v) is 3.38. The van der Waals surface area contributed by atoms with Gasteiger partial charge in [0.25, 0.3) is 0 Å². The molecular formula is C21H17FN2O2. The van der Waals surface area contributed by atoms with Gasteiger partial charge < -0.3 is 4.52 Å². The quantitative estimate of drug-likeness (QED) is 0.692. The van der Waals surface area contributed by atoms with Crippen LogP contribution in [-0.2, 0) is 4.79 Å². The first kappa shape index (κ1) is 16.4. The lowest BCUT2D eigenvalue weighted by molar-refractivity contribution is -0.117. The number of carbonyl (C=O) groups is 1. The molecule has 0 bridgehead atoms. The van der Waals surface area contributed by atoms with Crippen LogP contribution in [0.15, 0.2) is 58.0 Å². The lowest BCUT2D eigenvalue weighted by atomic mass is 9.93. The number of aromatic nitrogens is 1. The van der Waals surface area contributed by atoms with Crippen LogP contribution in [0.2, 0.25) is 0 Å². The molecule has 0 amide bonds. The topological polar surface area (TPSA) is 55.5 Å². The number of rotatable bonds is 3. The third kappa shape index (κ3) is 2.75. The summed E-state index contributed by atoms with van der Waals surface area (Å²) in [7, 11) is 0. The van der Waals surface area contributed by atoms with Gasteiger partial charge in [-0.25, -0.2) is 4.39 Å².